The van der Waals surface area contributed by atoms with E-state index in [1.165, 1.54) is 11.8 Å². The van der Waals surface area contributed by atoms with Gasteiger partial charge in [-0.2, -0.15) is 0 Å². The van der Waals surface area contributed by atoms with E-state index >= 15 is 0 Å². The van der Waals surface area contributed by atoms with Crippen molar-refractivity contribution in [3.05, 3.63) is 58.6 Å². The van der Waals surface area contributed by atoms with Crippen molar-refractivity contribution < 1.29 is 9.53 Å². The first-order valence-electron chi connectivity index (χ1n) is 6.34. The van der Waals surface area contributed by atoms with E-state index in [1.54, 1.807) is 0 Å². The van der Waals surface area contributed by atoms with E-state index in [2.05, 4.69) is 15.9 Å². The van der Waals surface area contributed by atoms with E-state index in [-0.39, 0.29) is 5.78 Å². The van der Waals surface area contributed by atoms with Gasteiger partial charge in [0.15, 0.2) is 5.78 Å². The molecule has 0 aromatic heterocycles. The minimum Gasteiger partial charge on any atom is -0.493 e. The predicted molar refractivity (Wildman–Crippen MR) is 86.8 cm³/mol. The van der Waals surface area contributed by atoms with Crippen molar-refractivity contribution >= 4 is 33.5 Å². The molecule has 2 nitrogen and oxygen atoms in total. The lowest BCUT2D eigenvalue weighted by Gasteiger charge is -2.08. The normalized spacial score (nSPS) is 10.3. The van der Waals surface area contributed by atoms with E-state index in [0.29, 0.717) is 23.7 Å². The lowest BCUT2D eigenvalue weighted by molar-refractivity contribution is 0.101. The molecule has 20 heavy (non-hydrogen) atoms. The van der Waals surface area contributed by atoms with E-state index in [1.807, 2.05) is 55.5 Å². The summed E-state index contributed by atoms with van der Waals surface area (Å²) in [7, 11) is 0. The molecule has 2 rings (SSSR count). The number of ketones is 1. The Morgan fingerprint density at radius 2 is 1.85 bits per heavy atom. The Hall–Kier alpha value is -1.26. The Kier molecular flexibility index (Phi) is 5.68. The van der Waals surface area contributed by atoms with E-state index < -0.39 is 0 Å². The number of benzene rings is 2. The van der Waals surface area contributed by atoms with Crippen molar-refractivity contribution in [2.24, 2.45) is 0 Å². The maximum atomic E-state index is 12.3. The number of Topliss-reactive ketones (excluding diaryl/α,β-unsaturated/α-hetero) is 1. The first-order chi connectivity index (χ1) is 9.70. The summed E-state index contributed by atoms with van der Waals surface area (Å²) in [6.45, 7) is 2.47. The zero-order chi connectivity index (χ0) is 14.4. The van der Waals surface area contributed by atoms with Gasteiger partial charge >= 0.3 is 0 Å². The summed E-state index contributed by atoms with van der Waals surface area (Å²) in [6.07, 6.45) is 0. The summed E-state index contributed by atoms with van der Waals surface area (Å²) < 4.78 is 6.53. The first kappa shape index (κ1) is 15.1. The summed E-state index contributed by atoms with van der Waals surface area (Å²) in [5, 5.41) is 0. The zero-order valence-electron chi connectivity index (χ0n) is 11.1. The number of thioether (sulfide) groups is 1. The van der Waals surface area contributed by atoms with Gasteiger partial charge in [0.1, 0.15) is 5.75 Å². The van der Waals surface area contributed by atoms with Crippen LogP contribution in [0.1, 0.15) is 17.3 Å². The Balaban J connectivity index is 2.03. The van der Waals surface area contributed by atoms with Crippen LogP contribution in [0.5, 0.6) is 5.75 Å². The second-order valence-electron chi connectivity index (χ2n) is 4.09. The number of hydrogen-bond donors (Lipinski definition) is 0. The second-order valence-corrected chi connectivity index (χ2v) is 6.06. The van der Waals surface area contributed by atoms with E-state index in [4.69, 9.17) is 4.74 Å². The summed E-state index contributed by atoms with van der Waals surface area (Å²) in [5.41, 5.74) is 0.652. The molecule has 0 unspecified atom stereocenters. The molecule has 0 N–H and O–H groups in total. The summed E-state index contributed by atoms with van der Waals surface area (Å²) in [4.78, 5) is 13.3. The number of ether oxygens (including phenoxy) is 1. The van der Waals surface area contributed by atoms with Crippen LogP contribution in [-0.4, -0.2) is 18.1 Å². The quantitative estimate of drug-likeness (QED) is 0.551. The highest BCUT2D eigenvalue weighted by molar-refractivity contribution is 9.10. The Morgan fingerprint density at radius 3 is 2.55 bits per heavy atom. The number of carbonyl (C=O) groups excluding carboxylic acids is 1. The molecule has 0 radical (unpaired) electrons. The van der Waals surface area contributed by atoms with Gasteiger partial charge in [-0.15, -0.1) is 11.8 Å². The van der Waals surface area contributed by atoms with Crippen molar-refractivity contribution in [3.63, 3.8) is 0 Å². The van der Waals surface area contributed by atoms with Crippen LogP contribution in [-0.2, 0) is 0 Å². The average Bonchev–Trinajstić information content (AvgIpc) is 2.47. The smallest absolute Gasteiger partial charge is 0.176 e. The first-order valence-corrected chi connectivity index (χ1v) is 8.12. The highest BCUT2D eigenvalue weighted by Gasteiger charge is 2.12. The zero-order valence-corrected chi connectivity index (χ0v) is 13.5. The summed E-state index contributed by atoms with van der Waals surface area (Å²) >= 11 is 4.93. The van der Waals surface area contributed by atoms with Gasteiger partial charge in [-0.3, -0.25) is 4.79 Å². The van der Waals surface area contributed by atoms with Gasteiger partial charge in [0.05, 0.1) is 17.9 Å². The molecule has 0 aliphatic carbocycles. The predicted octanol–water partition coefficient (Wildman–Crippen LogP) is 4.82. The third-order valence-electron chi connectivity index (χ3n) is 2.67. The molecule has 4 heteroatoms. The van der Waals surface area contributed by atoms with Gasteiger partial charge in [0.2, 0.25) is 0 Å². The van der Waals surface area contributed by atoms with Crippen molar-refractivity contribution in [2.75, 3.05) is 12.4 Å². The van der Waals surface area contributed by atoms with Crippen LogP contribution in [0.15, 0.2) is 57.9 Å². The van der Waals surface area contributed by atoms with Crippen molar-refractivity contribution in [1.29, 1.82) is 0 Å². The van der Waals surface area contributed by atoms with Crippen molar-refractivity contribution in [3.8, 4) is 5.75 Å². The van der Waals surface area contributed by atoms with Gasteiger partial charge in [-0.1, -0.05) is 28.1 Å². The molecule has 0 saturated heterocycles. The molecule has 2 aromatic carbocycles. The molecule has 104 valence electrons. The standard InChI is InChI=1S/C16H15BrO2S/c1-2-19-16-6-4-3-5-14(16)15(18)11-20-13-9-7-12(17)8-10-13/h3-10H,2,11H2,1H3. The summed E-state index contributed by atoms with van der Waals surface area (Å²) in [5.74, 6) is 1.16. The monoisotopic (exact) mass is 350 g/mol. The van der Waals surface area contributed by atoms with Crippen LogP contribution in [0.3, 0.4) is 0 Å². The van der Waals surface area contributed by atoms with Crippen LogP contribution in [0, 0.1) is 0 Å². The lowest BCUT2D eigenvalue weighted by atomic mass is 10.1. The number of rotatable bonds is 6. The van der Waals surface area contributed by atoms with Gasteiger partial charge in [-0.25, -0.2) is 0 Å². The maximum absolute atomic E-state index is 12.3. The number of para-hydroxylation sites is 1. The minimum absolute atomic E-state index is 0.0852. The molecule has 2 aromatic rings. The van der Waals surface area contributed by atoms with Crippen molar-refractivity contribution in [2.45, 2.75) is 11.8 Å². The highest BCUT2D eigenvalue weighted by atomic mass is 79.9. The molecular weight excluding hydrogens is 336 g/mol. The molecule has 0 amide bonds. The lowest BCUT2D eigenvalue weighted by Crippen LogP contribution is -2.06. The molecule has 0 bridgehead atoms. The average molecular weight is 351 g/mol. The van der Waals surface area contributed by atoms with E-state index in [9.17, 15) is 4.79 Å². The fourth-order valence-corrected chi connectivity index (χ4v) is 2.78. The fourth-order valence-electron chi connectivity index (χ4n) is 1.74. The molecule has 0 saturated carbocycles. The Morgan fingerprint density at radius 1 is 1.15 bits per heavy atom. The third-order valence-corrected chi connectivity index (χ3v) is 4.21. The number of halogens is 1. The molecule has 0 aliphatic heterocycles. The number of carbonyl (C=O) groups is 1. The largest absolute Gasteiger partial charge is 0.493 e. The maximum Gasteiger partial charge on any atom is 0.176 e. The molecule has 0 fully saturated rings. The Labute approximate surface area is 131 Å². The van der Waals surface area contributed by atoms with E-state index in [0.717, 1.165) is 9.37 Å². The van der Waals surface area contributed by atoms with Crippen molar-refractivity contribution in [1.82, 2.24) is 0 Å². The van der Waals surface area contributed by atoms with Crippen LogP contribution >= 0.6 is 27.7 Å². The van der Waals surface area contributed by atoms with Crippen LogP contribution in [0.4, 0.5) is 0 Å². The molecule has 0 heterocycles. The van der Waals surface area contributed by atoms with Gasteiger partial charge in [0, 0.05) is 9.37 Å². The minimum atomic E-state index is 0.0852. The fraction of sp³-hybridized carbons (Fsp3) is 0.188. The van der Waals surface area contributed by atoms with Gasteiger partial charge in [0.25, 0.3) is 0 Å². The SMILES string of the molecule is CCOc1ccccc1C(=O)CSc1ccc(Br)cc1. The van der Waals surface area contributed by atoms with Crippen LogP contribution in [0.25, 0.3) is 0 Å². The molecular formula is C16H15BrO2S. The van der Waals surface area contributed by atoms with Crippen LogP contribution in [0.2, 0.25) is 0 Å². The molecule has 0 spiro atoms. The van der Waals surface area contributed by atoms with Crippen LogP contribution < -0.4 is 4.74 Å². The van der Waals surface area contributed by atoms with Gasteiger partial charge in [-0.05, 0) is 43.3 Å². The Bertz CT molecular complexity index is 581. The summed E-state index contributed by atoms with van der Waals surface area (Å²) in [6, 6.07) is 15.3. The third kappa shape index (κ3) is 4.12. The highest BCUT2D eigenvalue weighted by Crippen LogP contribution is 2.24. The molecule has 0 aliphatic rings. The van der Waals surface area contributed by atoms with Gasteiger partial charge < -0.3 is 4.74 Å². The second kappa shape index (κ2) is 7.50. The number of hydrogen-bond acceptors (Lipinski definition) is 3. The molecule has 0 atom stereocenters. The topological polar surface area (TPSA) is 26.3 Å².